The predicted octanol–water partition coefficient (Wildman–Crippen LogP) is 5.01. The van der Waals surface area contributed by atoms with Crippen LogP contribution in [0.4, 0.5) is 11.4 Å². The molecule has 1 heterocycles. The number of aromatic amines is 1. The number of fused-ring (bicyclic) bond motifs is 1. The van der Waals surface area contributed by atoms with Crippen LogP contribution in [0.15, 0.2) is 60.7 Å². The van der Waals surface area contributed by atoms with Crippen molar-refractivity contribution in [2.24, 2.45) is 0 Å². The van der Waals surface area contributed by atoms with Gasteiger partial charge in [0.1, 0.15) is 5.82 Å². The van der Waals surface area contributed by atoms with Crippen molar-refractivity contribution in [3.05, 3.63) is 87.5 Å². The van der Waals surface area contributed by atoms with Gasteiger partial charge < -0.3 is 10.3 Å². The molecule has 7 nitrogen and oxygen atoms in total. The average Bonchev–Trinajstić information content (AvgIpc) is 3.13. The van der Waals surface area contributed by atoms with Crippen LogP contribution in [-0.4, -0.2) is 20.8 Å². The number of amides is 1. The van der Waals surface area contributed by atoms with Gasteiger partial charge in [-0.2, -0.15) is 0 Å². The number of hydrogen-bond donors (Lipinski definition) is 2. The first-order valence-electron chi connectivity index (χ1n) is 9.04. The molecule has 0 spiro atoms. The van der Waals surface area contributed by atoms with Crippen molar-refractivity contribution in [3.8, 4) is 11.4 Å². The number of rotatable bonds is 4. The lowest BCUT2D eigenvalue weighted by Crippen LogP contribution is -2.13. The molecule has 0 saturated heterocycles. The van der Waals surface area contributed by atoms with Crippen molar-refractivity contribution in [1.82, 2.24) is 9.97 Å². The van der Waals surface area contributed by atoms with E-state index in [0.29, 0.717) is 22.6 Å². The lowest BCUT2D eigenvalue weighted by molar-refractivity contribution is -0.385. The summed E-state index contributed by atoms with van der Waals surface area (Å²) in [5.41, 5.74) is 5.01. The zero-order valence-electron chi connectivity index (χ0n) is 15.9. The molecule has 0 radical (unpaired) electrons. The molecule has 0 unspecified atom stereocenters. The second-order valence-corrected chi connectivity index (χ2v) is 6.84. The highest BCUT2D eigenvalue weighted by molar-refractivity contribution is 6.05. The minimum Gasteiger partial charge on any atom is -0.338 e. The molecule has 0 aliphatic rings. The van der Waals surface area contributed by atoms with Crippen LogP contribution in [-0.2, 0) is 0 Å². The zero-order valence-corrected chi connectivity index (χ0v) is 15.9. The Kier molecular flexibility index (Phi) is 4.56. The third-order valence-electron chi connectivity index (χ3n) is 4.80. The molecule has 1 amide bonds. The van der Waals surface area contributed by atoms with E-state index in [1.54, 1.807) is 6.92 Å². The maximum absolute atomic E-state index is 12.7. The minimum absolute atomic E-state index is 0.00962. The summed E-state index contributed by atoms with van der Waals surface area (Å²) in [5.74, 6) is 0.390. The maximum atomic E-state index is 12.7. The fourth-order valence-electron chi connectivity index (χ4n) is 3.19. The Morgan fingerprint density at radius 2 is 1.83 bits per heavy atom. The molecule has 29 heavy (non-hydrogen) atoms. The van der Waals surface area contributed by atoms with Crippen LogP contribution >= 0.6 is 0 Å². The summed E-state index contributed by atoms with van der Waals surface area (Å²) in [7, 11) is 0. The lowest BCUT2D eigenvalue weighted by Gasteiger charge is -2.10. The number of anilines is 1. The summed E-state index contributed by atoms with van der Waals surface area (Å²) in [6.07, 6.45) is 0. The van der Waals surface area contributed by atoms with Gasteiger partial charge in [0.25, 0.3) is 11.6 Å². The van der Waals surface area contributed by atoms with Crippen LogP contribution in [0.3, 0.4) is 0 Å². The molecule has 0 atom stereocenters. The van der Waals surface area contributed by atoms with E-state index >= 15 is 0 Å². The number of aromatic nitrogens is 2. The Balaban J connectivity index is 1.63. The molecule has 0 saturated carbocycles. The summed E-state index contributed by atoms with van der Waals surface area (Å²) in [6, 6.07) is 17.8. The van der Waals surface area contributed by atoms with E-state index < -0.39 is 4.92 Å². The van der Waals surface area contributed by atoms with E-state index in [4.69, 9.17) is 0 Å². The fraction of sp³-hybridized carbons (Fsp3) is 0.0909. The zero-order chi connectivity index (χ0) is 20.5. The lowest BCUT2D eigenvalue weighted by atomic mass is 10.1. The highest BCUT2D eigenvalue weighted by atomic mass is 16.6. The third-order valence-corrected chi connectivity index (χ3v) is 4.80. The third kappa shape index (κ3) is 3.58. The Labute approximate surface area is 166 Å². The van der Waals surface area contributed by atoms with Gasteiger partial charge in [0, 0.05) is 28.4 Å². The number of nitrogens with one attached hydrogen (secondary N) is 2. The summed E-state index contributed by atoms with van der Waals surface area (Å²) in [6.45, 7) is 3.52. The second-order valence-electron chi connectivity index (χ2n) is 6.84. The first kappa shape index (κ1) is 18.4. The number of aryl methyl sites for hydroxylation is 2. The molecule has 0 bridgehead atoms. The molecule has 0 fully saturated rings. The highest BCUT2D eigenvalue weighted by Gasteiger charge is 2.15. The van der Waals surface area contributed by atoms with Crippen molar-refractivity contribution in [2.45, 2.75) is 13.8 Å². The number of nitro benzene ring substituents is 1. The Hall–Kier alpha value is -4.00. The van der Waals surface area contributed by atoms with Gasteiger partial charge >= 0.3 is 0 Å². The van der Waals surface area contributed by atoms with Crippen molar-refractivity contribution in [2.75, 3.05) is 5.32 Å². The monoisotopic (exact) mass is 386 g/mol. The van der Waals surface area contributed by atoms with Crippen LogP contribution in [0.2, 0.25) is 0 Å². The van der Waals surface area contributed by atoms with Gasteiger partial charge in [-0.25, -0.2) is 4.98 Å². The van der Waals surface area contributed by atoms with Gasteiger partial charge in [-0.15, -0.1) is 0 Å². The quantitative estimate of drug-likeness (QED) is 0.380. The van der Waals surface area contributed by atoms with E-state index in [1.807, 2.05) is 49.4 Å². The molecular weight excluding hydrogens is 368 g/mol. The van der Waals surface area contributed by atoms with Gasteiger partial charge in [-0.3, -0.25) is 14.9 Å². The maximum Gasteiger partial charge on any atom is 0.272 e. The first-order valence-corrected chi connectivity index (χ1v) is 9.04. The molecule has 0 aliphatic heterocycles. The van der Waals surface area contributed by atoms with Gasteiger partial charge in [0.2, 0.25) is 0 Å². The van der Waals surface area contributed by atoms with Gasteiger partial charge in [0.05, 0.1) is 16.0 Å². The Morgan fingerprint density at radius 3 is 2.55 bits per heavy atom. The SMILES string of the molecule is Cc1ccc(-c2nc3ccccc3[nH]2)cc1NC(=O)c1ccc([N+](=O)[O-])c(C)c1. The number of H-pyrrole nitrogens is 1. The number of carbonyl (C=O) groups excluding carboxylic acids is 1. The number of imidazole rings is 1. The number of benzene rings is 3. The van der Waals surface area contributed by atoms with Crippen molar-refractivity contribution in [1.29, 1.82) is 0 Å². The molecule has 144 valence electrons. The van der Waals surface area contributed by atoms with Crippen LogP contribution < -0.4 is 5.32 Å². The summed E-state index contributed by atoms with van der Waals surface area (Å²) >= 11 is 0. The smallest absolute Gasteiger partial charge is 0.272 e. The van der Waals surface area contributed by atoms with E-state index in [9.17, 15) is 14.9 Å². The van der Waals surface area contributed by atoms with Crippen LogP contribution in [0.5, 0.6) is 0 Å². The van der Waals surface area contributed by atoms with Crippen molar-refractivity contribution >= 4 is 28.3 Å². The fourth-order valence-corrected chi connectivity index (χ4v) is 3.19. The van der Waals surface area contributed by atoms with Gasteiger partial charge in [0.15, 0.2) is 0 Å². The van der Waals surface area contributed by atoms with Crippen molar-refractivity contribution in [3.63, 3.8) is 0 Å². The van der Waals surface area contributed by atoms with E-state index in [1.165, 1.54) is 18.2 Å². The van der Waals surface area contributed by atoms with Crippen LogP contribution in [0.1, 0.15) is 21.5 Å². The number of carbonyl (C=O) groups is 1. The van der Waals surface area contributed by atoms with E-state index in [-0.39, 0.29) is 11.6 Å². The Bertz CT molecular complexity index is 1230. The summed E-state index contributed by atoms with van der Waals surface area (Å²) in [4.78, 5) is 31.1. The van der Waals surface area contributed by atoms with Crippen LogP contribution in [0, 0.1) is 24.0 Å². The Morgan fingerprint density at radius 1 is 1.03 bits per heavy atom. The molecule has 2 N–H and O–H groups in total. The molecule has 3 aromatic carbocycles. The number of nitrogens with zero attached hydrogens (tertiary/aromatic N) is 2. The standard InChI is InChI=1S/C22H18N4O3/c1-13-7-8-15(21-23-17-5-3-4-6-18(17)24-21)12-19(13)25-22(27)16-9-10-20(26(28)29)14(2)11-16/h3-12H,1-2H3,(H,23,24)(H,25,27). The van der Waals surface area contributed by atoms with E-state index in [2.05, 4.69) is 15.3 Å². The second kappa shape index (κ2) is 7.20. The summed E-state index contributed by atoms with van der Waals surface area (Å²) in [5, 5.41) is 13.9. The number of nitro groups is 1. The topological polar surface area (TPSA) is 101 Å². The summed E-state index contributed by atoms with van der Waals surface area (Å²) < 4.78 is 0. The number of hydrogen-bond acceptors (Lipinski definition) is 4. The molecule has 4 rings (SSSR count). The molecule has 4 aromatic rings. The highest BCUT2D eigenvalue weighted by Crippen LogP contribution is 2.26. The van der Waals surface area contributed by atoms with Crippen LogP contribution in [0.25, 0.3) is 22.4 Å². The molecule has 7 heteroatoms. The van der Waals surface area contributed by atoms with Crippen molar-refractivity contribution < 1.29 is 9.72 Å². The average molecular weight is 386 g/mol. The predicted molar refractivity (Wildman–Crippen MR) is 112 cm³/mol. The minimum atomic E-state index is -0.460. The molecule has 0 aliphatic carbocycles. The normalized spacial score (nSPS) is 10.8. The first-order chi connectivity index (χ1) is 13.9. The molecular formula is C22H18N4O3. The van der Waals surface area contributed by atoms with Gasteiger partial charge in [-0.05, 0) is 49.7 Å². The van der Waals surface area contributed by atoms with E-state index in [0.717, 1.165) is 22.2 Å². The largest absolute Gasteiger partial charge is 0.338 e. The molecule has 1 aromatic heterocycles. The van der Waals surface area contributed by atoms with Gasteiger partial charge in [-0.1, -0.05) is 24.3 Å². The number of para-hydroxylation sites is 2.